The molecular formula is C6H14Cl4Sn. The zero-order valence-corrected chi connectivity index (χ0v) is 12.5. The molecule has 0 aliphatic rings. The Hall–Kier alpha value is 1.96. The summed E-state index contributed by atoms with van der Waals surface area (Å²) in [6, 6.07) is 0. The second kappa shape index (κ2) is 8.55. The van der Waals surface area contributed by atoms with Crippen LogP contribution in [0.5, 0.6) is 0 Å². The normalized spacial score (nSPS) is 10.9. The van der Waals surface area contributed by atoms with E-state index in [0.717, 1.165) is 10.9 Å². The van der Waals surface area contributed by atoms with Gasteiger partial charge >= 0.3 is 78.8 Å². The number of hydrogen-bond acceptors (Lipinski definition) is 0. The smallest absolute Gasteiger partial charge is 0.147 e. The standard InChI is InChI=1S/C6H13.4ClH.Sn/c1-3-5-6-4-2;;;;;/h1,3-6H2,2H3;4*1H;/q;;;;;+3/p-3. The van der Waals surface area contributed by atoms with Crippen LogP contribution in [-0.4, -0.2) is 15.0 Å². The van der Waals surface area contributed by atoms with E-state index in [1.165, 1.54) is 19.3 Å². The first-order valence-corrected chi connectivity index (χ1v) is 16.5. The van der Waals surface area contributed by atoms with Gasteiger partial charge in [-0.3, -0.25) is 0 Å². The minimum atomic E-state index is -2.93. The van der Waals surface area contributed by atoms with Crippen molar-refractivity contribution in [2.45, 2.75) is 37.0 Å². The van der Waals surface area contributed by atoms with E-state index in [1.807, 2.05) is 0 Å². The van der Waals surface area contributed by atoms with Gasteiger partial charge in [0.15, 0.2) is 0 Å². The predicted octanol–water partition coefficient (Wildman–Crippen LogP) is 4.64. The molecule has 0 amide bonds. The van der Waals surface area contributed by atoms with E-state index in [1.54, 1.807) is 0 Å². The average molecular weight is 347 g/mol. The van der Waals surface area contributed by atoms with Crippen LogP contribution in [0.25, 0.3) is 0 Å². The third-order valence-electron chi connectivity index (χ3n) is 1.31. The second-order valence-electron chi connectivity index (χ2n) is 2.43. The molecule has 0 nitrogen and oxygen atoms in total. The molecule has 0 fully saturated rings. The van der Waals surface area contributed by atoms with Gasteiger partial charge in [-0.05, 0) is 0 Å². The van der Waals surface area contributed by atoms with Gasteiger partial charge in [0, 0.05) is 0 Å². The van der Waals surface area contributed by atoms with Crippen molar-refractivity contribution in [3.8, 4) is 0 Å². The Morgan fingerprint density at radius 3 is 1.91 bits per heavy atom. The third kappa shape index (κ3) is 14.8. The van der Waals surface area contributed by atoms with Gasteiger partial charge in [-0.15, -0.1) is 12.4 Å². The van der Waals surface area contributed by atoms with Crippen LogP contribution in [0.2, 0.25) is 4.44 Å². The Balaban J connectivity index is 0. The molecule has 0 aliphatic carbocycles. The molecule has 5 heteroatoms. The third-order valence-corrected chi connectivity index (χ3v) is 7.74. The maximum absolute atomic E-state index is 5.75. The minimum Gasteiger partial charge on any atom is -0.147 e. The summed E-state index contributed by atoms with van der Waals surface area (Å²) in [5, 5.41) is 0. The molecule has 0 N–H and O–H groups in total. The fraction of sp³-hybridized carbons (Fsp3) is 1.00. The first-order valence-electron chi connectivity index (χ1n) is 3.63. The van der Waals surface area contributed by atoms with Crippen molar-refractivity contribution in [1.29, 1.82) is 0 Å². The van der Waals surface area contributed by atoms with E-state index in [4.69, 9.17) is 26.8 Å². The van der Waals surface area contributed by atoms with Crippen molar-refractivity contribution in [1.82, 2.24) is 0 Å². The molecule has 0 aromatic carbocycles. The first-order chi connectivity index (χ1) is 4.56. The molecule has 11 heavy (non-hydrogen) atoms. The van der Waals surface area contributed by atoms with Crippen molar-refractivity contribution < 1.29 is 0 Å². The molecule has 0 saturated carbocycles. The van der Waals surface area contributed by atoms with E-state index in [2.05, 4.69) is 6.92 Å². The Kier molecular flexibility index (Phi) is 12.0. The maximum Gasteiger partial charge on any atom is -0.147 e. The molecule has 0 unspecified atom stereocenters. The average Bonchev–Trinajstić information content (AvgIpc) is 1.78. The molecule has 70 valence electrons. The van der Waals surface area contributed by atoms with Crippen LogP contribution >= 0.6 is 39.2 Å². The van der Waals surface area contributed by atoms with Crippen LogP contribution in [-0.2, 0) is 0 Å². The van der Waals surface area contributed by atoms with Crippen molar-refractivity contribution in [3.63, 3.8) is 0 Å². The fourth-order valence-corrected chi connectivity index (χ4v) is 5.30. The van der Waals surface area contributed by atoms with Gasteiger partial charge in [-0.1, -0.05) is 0 Å². The van der Waals surface area contributed by atoms with Crippen LogP contribution < -0.4 is 0 Å². The van der Waals surface area contributed by atoms with Crippen LogP contribution in [0.3, 0.4) is 0 Å². The first kappa shape index (κ1) is 15.4. The molecule has 0 heterocycles. The Labute approximate surface area is 90.4 Å². The summed E-state index contributed by atoms with van der Waals surface area (Å²) in [7, 11) is 17.3. The monoisotopic (exact) mass is 346 g/mol. The van der Waals surface area contributed by atoms with E-state index >= 15 is 0 Å². The summed E-state index contributed by atoms with van der Waals surface area (Å²) in [6.07, 6.45) is 4.85. The minimum absolute atomic E-state index is 0. The van der Waals surface area contributed by atoms with Gasteiger partial charge < -0.3 is 0 Å². The van der Waals surface area contributed by atoms with Gasteiger partial charge in [0.05, 0.1) is 0 Å². The van der Waals surface area contributed by atoms with Crippen LogP contribution in [0, 0.1) is 0 Å². The summed E-state index contributed by atoms with van der Waals surface area (Å²) in [5.41, 5.74) is 0. The van der Waals surface area contributed by atoms with Gasteiger partial charge in [-0.25, -0.2) is 0 Å². The summed E-state index contributed by atoms with van der Waals surface area (Å²) in [4.78, 5) is 0. The largest absolute Gasteiger partial charge is 0.147 e. The molecule has 0 aromatic heterocycles. The van der Waals surface area contributed by atoms with Crippen molar-refractivity contribution in [3.05, 3.63) is 0 Å². The second-order valence-corrected chi connectivity index (χ2v) is 24.2. The summed E-state index contributed by atoms with van der Waals surface area (Å²) < 4.78 is 0.888. The summed E-state index contributed by atoms with van der Waals surface area (Å²) in [6.45, 7) is 2.18. The number of halogens is 4. The van der Waals surface area contributed by atoms with Crippen molar-refractivity contribution in [2.24, 2.45) is 0 Å². The van der Waals surface area contributed by atoms with Crippen LogP contribution in [0.4, 0.5) is 0 Å². The maximum atomic E-state index is 5.75. The molecule has 0 aliphatic heterocycles. The Morgan fingerprint density at radius 2 is 1.55 bits per heavy atom. The molecular weight excluding hydrogens is 333 g/mol. The van der Waals surface area contributed by atoms with E-state index in [0.29, 0.717) is 0 Å². The molecule has 0 saturated heterocycles. The van der Waals surface area contributed by atoms with Gasteiger partial charge in [0.1, 0.15) is 0 Å². The number of rotatable bonds is 5. The van der Waals surface area contributed by atoms with E-state index < -0.39 is 15.0 Å². The molecule has 0 aromatic rings. The topological polar surface area (TPSA) is 0 Å². The van der Waals surface area contributed by atoms with Gasteiger partial charge in [0.2, 0.25) is 0 Å². The van der Waals surface area contributed by atoms with Crippen LogP contribution in [0.1, 0.15) is 32.6 Å². The zero-order chi connectivity index (χ0) is 8.04. The van der Waals surface area contributed by atoms with E-state index in [9.17, 15) is 0 Å². The van der Waals surface area contributed by atoms with Crippen molar-refractivity contribution >= 4 is 54.2 Å². The van der Waals surface area contributed by atoms with Crippen LogP contribution in [0.15, 0.2) is 0 Å². The molecule has 0 radical (unpaired) electrons. The summed E-state index contributed by atoms with van der Waals surface area (Å²) in [5.74, 6) is 0. The molecule has 0 bridgehead atoms. The summed E-state index contributed by atoms with van der Waals surface area (Å²) >= 11 is -2.93. The predicted molar refractivity (Wildman–Crippen MR) is 59.5 cm³/mol. The number of unbranched alkanes of at least 4 members (excludes halogenated alkanes) is 3. The molecule has 0 rings (SSSR count). The quantitative estimate of drug-likeness (QED) is 0.502. The Bertz CT molecular complexity index is 81.1. The number of hydrogen-bond donors (Lipinski definition) is 0. The zero-order valence-electron chi connectivity index (χ0n) is 6.58. The Morgan fingerprint density at radius 1 is 1.00 bits per heavy atom. The van der Waals surface area contributed by atoms with Crippen molar-refractivity contribution in [2.75, 3.05) is 0 Å². The van der Waals surface area contributed by atoms with E-state index in [-0.39, 0.29) is 12.4 Å². The molecule has 0 spiro atoms. The molecule has 0 atom stereocenters. The SMILES string of the molecule is CCCCC[CH2][Sn]([Cl])([Cl])[Cl].Cl. The van der Waals surface area contributed by atoms with Gasteiger partial charge in [-0.2, -0.15) is 0 Å². The fourth-order valence-electron chi connectivity index (χ4n) is 0.752. The van der Waals surface area contributed by atoms with Gasteiger partial charge in [0.25, 0.3) is 0 Å².